The van der Waals surface area contributed by atoms with E-state index in [2.05, 4.69) is 43.0 Å². The smallest absolute Gasteiger partial charge is 0.101 e. The zero-order valence-corrected chi connectivity index (χ0v) is 30.4. The van der Waals surface area contributed by atoms with E-state index in [1.165, 1.54) is 225 Å². The summed E-state index contributed by atoms with van der Waals surface area (Å²) in [6.45, 7) is 9.48. The average molecular weight is 603 g/mol. The molecular weight excluding hydrogens is 520 g/mol. The summed E-state index contributed by atoms with van der Waals surface area (Å²) in [6.07, 6.45) is 52.9. The summed E-state index contributed by atoms with van der Waals surface area (Å²) in [4.78, 5) is 5.44. The van der Waals surface area contributed by atoms with Crippen LogP contribution in [0.4, 0.5) is 0 Å². The van der Waals surface area contributed by atoms with Crippen LogP contribution >= 0.6 is 0 Å². The third kappa shape index (κ3) is 25.2. The van der Waals surface area contributed by atoms with Crippen LogP contribution in [0.5, 0.6) is 0 Å². The lowest BCUT2D eigenvalue weighted by atomic mass is 10.0. The molecule has 0 spiro atoms. The van der Waals surface area contributed by atoms with Crippen molar-refractivity contribution < 1.29 is 0 Å². The summed E-state index contributed by atoms with van der Waals surface area (Å²) < 4.78 is 0. The molecule has 0 amide bonds. The van der Waals surface area contributed by atoms with Crippen molar-refractivity contribution in [3.8, 4) is 0 Å². The molecule has 0 fully saturated rings. The number of nitrogens with zero attached hydrogens (tertiary/aromatic N) is 2. The Morgan fingerprint density at radius 2 is 0.535 bits per heavy atom. The highest BCUT2D eigenvalue weighted by atomic mass is 15.4. The first kappa shape index (κ1) is 40.4. The lowest BCUT2D eigenvalue weighted by Gasteiger charge is -2.33. The van der Waals surface area contributed by atoms with Gasteiger partial charge in [-0.3, -0.25) is 0 Å². The van der Waals surface area contributed by atoms with Gasteiger partial charge in [-0.25, -0.2) is 0 Å². The van der Waals surface area contributed by atoms with Crippen LogP contribution in [0.2, 0.25) is 0 Å². The summed E-state index contributed by atoms with van der Waals surface area (Å²) >= 11 is 0. The summed E-state index contributed by atoms with van der Waals surface area (Å²) in [5.74, 6) is 0. The molecule has 0 aromatic rings. The topological polar surface area (TPSA) is 6.48 Å². The molecule has 0 N–H and O–H groups in total. The lowest BCUT2D eigenvalue weighted by molar-refractivity contribution is 0.135. The van der Waals surface area contributed by atoms with Crippen LogP contribution in [0.3, 0.4) is 0 Å². The van der Waals surface area contributed by atoms with E-state index in [0.717, 1.165) is 0 Å². The normalized spacial score (nSPS) is 14.9. The number of hydrogen-bond acceptors (Lipinski definition) is 2. The van der Waals surface area contributed by atoms with Gasteiger partial charge in [0.15, 0.2) is 0 Å². The van der Waals surface area contributed by atoms with Gasteiger partial charge in [0.25, 0.3) is 0 Å². The maximum absolute atomic E-state index is 2.72. The monoisotopic (exact) mass is 603 g/mol. The molecule has 1 aliphatic rings. The maximum Gasteiger partial charge on any atom is 0.101 e. The predicted molar refractivity (Wildman–Crippen MR) is 196 cm³/mol. The van der Waals surface area contributed by atoms with Crippen LogP contribution in [0.15, 0.2) is 12.4 Å². The molecule has 2 nitrogen and oxygen atoms in total. The Hall–Kier alpha value is -0.660. The Kier molecular flexibility index (Phi) is 30.7. The summed E-state index contributed by atoms with van der Waals surface area (Å²) in [7, 11) is 0. The van der Waals surface area contributed by atoms with Crippen LogP contribution in [-0.4, -0.2) is 29.1 Å². The van der Waals surface area contributed by atoms with Crippen LogP contribution < -0.4 is 0 Å². The van der Waals surface area contributed by atoms with Gasteiger partial charge in [-0.15, -0.1) is 0 Å². The molecule has 0 bridgehead atoms. The van der Waals surface area contributed by atoms with Crippen molar-refractivity contribution in [2.24, 2.45) is 0 Å². The second-order valence-corrected chi connectivity index (χ2v) is 14.3. The molecule has 0 aromatic heterocycles. The molecule has 43 heavy (non-hydrogen) atoms. The third-order valence-corrected chi connectivity index (χ3v) is 10.1. The maximum atomic E-state index is 2.72. The van der Waals surface area contributed by atoms with Crippen LogP contribution in [0.25, 0.3) is 0 Å². The van der Waals surface area contributed by atoms with Crippen molar-refractivity contribution in [1.82, 2.24) is 9.80 Å². The second kappa shape index (κ2) is 32.7. The Morgan fingerprint density at radius 3 is 0.814 bits per heavy atom. The molecular formula is C41H82N2. The lowest BCUT2D eigenvalue weighted by Crippen LogP contribution is -2.39. The van der Waals surface area contributed by atoms with Gasteiger partial charge < -0.3 is 9.80 Å². The molecule has 1 aliphatic heterocycles. The minimum atomic E-state index is 0.639. The van der Waals surface area contributed by atoms with Crippen molar-refractivity contribution in [3.05, 3.63) is 12.4 Å². The van der Waals surface area contributed by atoms with Crippen molar-refractivity contribution in [2.75, 3.05) is 13.1 Å². The minimum absolute atomic E-state index is 0.639. The van der Waals surface area contributed by atoms with Crippen LogP contribution in [0, 0.1) is 0 Å². The van der Waals surface area contributed by atoms with Gasteiger partial charge in [0, 0.05) is 25.5 Å². The Bertz CT molecular complexity index is 558. The van der Waals surface area contributed by atoms with Crippen molar-refractivity contribution in [3.63, 3.8) is 0 Å². The van der Waals surface area contributed by atoms with Crippen LogP contribution in [-0.2, 0) is 0 Å². The highest BCUT2D eigenvalue weighted by Gasteiger charge is 2.24. The Labute approximate surface area is 273 Å². The largest absolute Gasteiger partial charge is 0.356 e. The first-order valence-corrected chi connectivity index (χ1v) is 20.5. The van der Waals surface area contributed by atoms with E-state index in [9.17, 15) is 0 Å². The van der Waals surface area contributed by atoms with E-state index in [1.54, 1.807) is 0 Å². The average Bonchev–Trinajstić information content (AvgIpc) is 3.40. The van der Waals surface area contributed by atoms with E-state index in [4.69, 9.17) is 0 Å². The van der Waals surface area contributed by atoms with Crippen molar-refractivity contribution in [2.45, 2.75) is 239 Å². The standard InChI is InChI=1S/C41H82N2/c1-4-7-10-13-16-19-22-24-27-30-33-36-41-42(37-34-31-28-25-21-18-15-12-9-6-3)39-40-43(41)38-35-32-29-26-23-20-17-14-11-8-5-2/h39-41H,4-38H2,1-3H3. The number of unbranched alkanes of at least 4 members (excludes halogenated alkanes) is 29. The van der Waals surface area contributed by atoms with Gasteiger partial charge in [-0.1, -0.05) is 207 Å². The molecule has 2 heteroatoms. The molecule has 0 saturated carbocycles. The second-order valence-electron chi connectivity index (χ2n) is 14.3. The Balaban J connectivity index is 2.23. The van der Waals surface area contributed by atoms with Gasteiger partial charge in [-0.05, 0) is 25.7 Å². The molecule has 1 rings (SSSR count). The van der Waals surface area contributed by atoms with Crippen molar-refractivity contribution in [1.29, 1.82) is 0 Å². The first-order chi connectivity index (χ1) is 21.3. The summed E-state index contributed by atoms with van der Waals surface area (Å²) in [5, 5.41) is 0. The van der Waals surface area contributed by atoms with E-state index in [1.807, 2.05) is 0 Å². The highest BCUT2D eigenvalue weighted by molar-refractivity contribution is 4.97. The van der Waals surface area contributed by atoms with Crippen LogP contribution in [0.1, 0.15) is 233 Å². The molecule has 256 valence electrons. The highest BCUT2D eigenvalue weighted by Crippen LogP contribution is 2.24. The Morgan fingerprint density at radius 1 is 0.302 bits per heavy atom. The van der Waals surface area contributed by atoms with E-state index >= 15 is 0 Å². The van der Waals surface area contributed by atoms with E-state index in [-0.39, 0.29) is 0 Å². The molecule has 1 heterocycles. The van der Waals surface area contributed by atoms with E-state index < -0.39 is 0 Å². The fourth-order valence-electron chi connectivity index (χ4n) is 7.07. The zero-order valence-electron chi connectivity index (χ0n) is 30.4. The van der Waals surface area contributed by atoms with Gasteiger partial charge in [0.2, 0.25) is 0 Å². The third-order valence-electron chi connectivity index (χ3n) is 10.1. The quantitative estimate of drug-likeness (QED) is 0.0666. The molecule has 0 aliphatic carbocycles. The first-order valence-electron chi connectivity index (χ1n) is 20.5. The fraction of sp³-hybridized carbons (Fsp3) is 0.951. The number of hydrogen-bond donors (Lipinski definition) is 0. The fourth-order valence-corrected chi connectivity index (χ4v) is 7.07. The molecule has 0 saturated heterocycles. The van der Waals surface area contributed by atoms with Gasteiger partial charge in [0.05, 0.1) is 0 Å². The summed E-state index contributed by atoms with van der Waals surface area (Å²) in [5.41, 5.74) is 0. The molecule has 1 unspecified atom stereocenters. The molecule has 1 atom stereocenters. The molecule has 0 radical (unpaired) electrons. The minimum Gasteiger partial charge on any atom is -0.356 e. The zero-order chi connectivity index (χ0) is 30.9. The van der Waals surface area contributed by atoms with E-state index in [0.29, 0.717) is 6.17 Å². The number of rotatable bonds is 35. The SMILES string of the molecule is CCCCCCCCCCCCCC1N(CCCCCCCCCCCC)C=CN1CCCCCCCCCCCCC. The van der Waals surface area contributed by atoms with Gasteiger partial charge in [0.1, 0.15) is 6.17 Å². The molecule has 0 aromatic carbocycles. The summed E-state index contributed by atoms with van der Waals surface area (Å²) in [6, 6.07) is 0. The van der Waals surface area contributed by atoms with Gasteiger partial charge >= 0.3 is 0 Å². The van der Waals surface area contributed by atoms with Crippen molar-refractivity contribution >= 4 is 0 Å². The van der Waals surface area contributed by atoms with Gasteiger partial charge in [-0.2, -0.15) is 0 Å². The predicted octanol–water partition coefficient (Wildman–Crippen LogP) is 14.3.